The van der Waals surface area contributed by atoms with Gasteiger partial charge in [0.25, 0.3) is 5.91 Å². The predicted octanol–water partition coefficient (Wildman–Crippen LogP) is 3.83. The van der Waals surface area contributed by atoms with E-state index in [-0.39, 0.29) is 16.9 Å². The van der Waals surface area contributed by atoms with Crippen molar-refractivity contribution in [1.82, 2.24) is 5.43 Å². The van der Waals surface area contributed by atoms with Crippen LogP contribution in [0.5, 0.6) is 23.0 Å². The van der Waals surface area contributed by atoms with Crippen molar-refractivity contribution in [2.45, 2.75) is 0 Å². The molecule has 1 N–H and O–H groups in total. The number of para-hydroxylation sites is 1. The highest BCUT2D eigenvalue weighted by Crippen LogP contribution is 2.38. The van der Waals surface area contributed by atoms with E-state index in [1.54, 1.807) is 24.3 Å². The molecule has 0 spiro atoms. The minimum absolute atomic E-state index is 0.181. The van der Waals surface area contributed by atoms with Gasteiger partial charge >= 0.3 is 5.97 Å². The molecule has 0 radical (unpaired) electrons. The molecule has 0 aliphatic carbocycles. The number of nitrogens with zero attached hydrogens (tertiary/aromatic N) is 1. The lowest BCUT2D eigenvalue weighted by molar-refractivity contribution is 0.0733. The van der Waals surface area contributed by atoms with Crippen molar-refractivity contribution in [2.75, 3.05) is 21.3 Å². The third-order valence-electron chi connectivity index (χ3n) is 4.50. The van der Waals surface area contributed by atoms with Gasteiger partial charge in [0.1, 0.15) is 11.6 Å². The zero-order valence-electron chi connectivity index (χ0n) is 18.1. The average molecular weight is 452 g/mol. The number of methoxy groups -OCH3 is 3. The van der Waals surface area contributed by atoms with Gasteiger partial charge in [-0.05, 0) is 48.5 Å². The standard InChI is InChI=1S/C24H21FN2O6/c1-30-20-12-17(13-21(31-2)22(20)32-3)24(29)33-19-7-5-4-6-16(19)14-26-27-23(28)15-8-10-18(25)11-9-15/h4-14H,1-3H3,(H,27,28)/b26-14-. The van der Waals surface area contributed by atoms with Crippen LogP contribution < -0.4 is 24.4 Å². The Hall–Kier alpha value is -4.40. The number of halogens is 1. The second-order valence-corrected chi connectivity index (χ2v) is 6.55. The SMILES string of the molecule is COc1cc(C(=O)Oc2ccccc2/C=N\NC(=O)c2ccc(F)cc2)cc(OC)c1OC. The van der Waals surface area contributed by atoms with Crippen LogP contribution in [-0.2, 0) is 0 Å². The van der Waals surface area contributed by atoms with Gasteiger partial charge in [0.15, 0.2) is 11.5 Å². The predicted molar refractivity (Wildman–Crippen MR) is 119 cm³/mol. The van der Waals surface area contributed by atoms with Crippen molar-refractivity contribution in [3.05, 3.63) is 83.2 Å². The molecule has 1 amide bonds. The normalized spacial score (nSPS) is 10.5. The molecule has 33 heavy (non-hydrogen) atoms. The van der Waals surface area contributed by atoms with Crippen molar-refractivity contribution in [1.29, 1.82) is 0 Å². The van der Waals surface area contributed by atoms with E-state index in [0.717, 1.165) is 0 Å². The Balaban J connectivity index is 1.76. The number of nitrogens with one attached hydrogen (secondary N) is 1. The van der Waals surface area contributed by atoms with Crippen molar-refractivity contribution in [3.8, 4) is 23.0 Å². The zero-order chi connectivity index (χ0) is 23.8. The number of amides is 1. The Morgan fingerprint density at radius 1 is 0.848 bits per heavy atom. The summed E-state index contributed by atoms with van der Waals surface area (Å²) in [5.41, 5.74) is 3.21. The van der Waals surface area contributed by atoms with Gasteiger partial charge in [0.05, 0.1) is 33.1 Å². The van der Waals surface area contributed by atoms with Crippen molar-refractivity contribution in [3.63, 3.8) is 0 Å². The van der Waals surface area contributed by atoms with Crippen LogP contribution in [0.3, 0.4) is 0 Å². The quantitative estimate of drug-likeness (QED) is 0.242. The van der Waals surface area contributed by atoms with Crippen LogP contribution in [0.4, 0.5) is 4.39 Å². The van der Waals surface area contributed by atoms with Gasteiger partial charge in [-0.25, -0.2) is 14.6 Å². The molecule has 0 saturated heterocycles. The van der Waals surface area contributed by atoms with Crippen LogP contribution in [-0.4, -0.2) is 39.4 Å². The maximum absolute atomic E-state index is 13.0. The Labute approximate surface area is 189 Å². The van der Waals surface area contributed by atoms with E-state index in [2.05, 4.69) is 10.5 Å². The van der Waals surface area contributed by atoms with E-state index in [9.17, 15) is 14.0 Å². The van der Waals surface area contributed by atoms with Crippen LogP contribution in [0.1, 0.15) is 26.3 Å². The summed E-state index contributed by atoms with van der Waals surface area (Å²) >= 11 is 0. The summed E-state index contributed by atoms with van der Waals surface area (Å²) in [5.74, 6) is -0.442. The number of hydrogen-bond acceptors (Lipinski definition) is 7. The molecule has 0 heterocycles. The summed E-state index contributed by atoms with van der Waals surface area (Å²) in [4.78, 5) is 24.9. The third-order valence-corrected chi connectivity index (χ3v) is 4.50. The lowest BCUT2D eigenvalue weighted by Gasteiger charge is -2.14. The zero-order valence-corrected chi connectivity index (χ0v) is 18.1. The number of rotatable bonds is 8. The molecular weight excluding hydrogens is 431 g/mol. The first kappa shape index (κ1) is 23.3. The summed E-state index contributed by atoms with van der Waals surface area (Å²) in [6, 6.07) is 14.6. The summed E-state index contributed by atoms with van der Waals surface area (Å²) in [6.45, 7) is 0. The summed E-state index contributed by atoms with van der Waals surface area (Å²) in [7, 11) is 4.35. The lowest BCUT2D eigenvalue weighted by atomic mass is 10.1. The fourth-order valence-corrected chi connectivity index (χ4v) is 2.86. The first-order valence-corrected chi connectivity index (χ1v) is 9.67. The molecule has 0 aromatic heterocycles. The number of hydrogen-bond donors (Lipinski definition) is 1. The van der Waals surface area contributed by atoms with Crippen molar-refractivity contribution < 1.29 is 32.9 Å². The Bertz CT molecular complexity index is 1150. The van der Waals surface area contributed by atoms with Gasteiger partial charge in [-0.15, -0.1) is 0 Å². The van der Waals surface area contributed by atoms with E-state index >= 15 is 0 Å². The van der Waals surface area contributed by atoms with Crippen LogP contribution >= 0.6 is 0 Å². The molecule has 3 aromatic rings. The van der Waals surface area contributed by atoms with Crippen molar-refractivity contribution in [2.24, 2.45) is 5.10 Å². The number of carbonyl (C=O) groups excluding carboxylic acids is 2. The maximum atomic E-state index is 13.0. The molecule has 8 nitrogen and oxygen atoms in total. The smallest absolute Gasteiger partial charge is 0.343 e. The molecular formula is C24H21FN2O6. The molecule has 0 saturated carbocycles. The highest BCUT2D eigenvalue weighted by Gasteiger charge is 2.19. The van der Waals surface area contributed by atoms with E-state index in [4.69, 9.17) is 18.9 Å². The van der Waals surface area contributed by atoms with Gasteiger partial charge in [0, 0.05) is 11.1 Å². The largest absolute Gasteiger partial charge is 0.493 e. The first-order valence-electron chi connectivity index (χ1n) is 9.67. The monoisotopic (exact) mass is 452 g/mol. The van der Waals surface area contributed by atoms with E-state index in [0.29, 0.717) is 22.8 Å². The van der Waals surface area contributed by atoms with E-state index in [1.165, 1.54) is 63.9 Å². The third kappa shape index (κ3) is 5.65. The van der Waals surface area contributed by atoms with Gasteiger partial charge in [-0.2, -0.15) is 5.10 Å². The van der Waals surface area contributed by atoms with Gasteiger partial charge < -0.3 is 18.9 Å². The molecule has 3 rings (SSSR count). The number of benzene rings is 3. The number of esters is 1. The van der Waals surface area contributed by atoms with Gasteiger partial charge in [-0.3, -0.25) is 4.79 Å². The fraction of sp³-hybridized carbons (Fsp3) is 0.125. The molecule has 0 unspecified atom stereocenters. The summed E-state index contributed by atoms with van der Waals surface area (Å²) in [6.07, 6.45) is 1.33. The van der Waals surface area contributed by atoms with Gasteiger partial charge in [-0.1, -0.05) is 12.1 Å². The minimum Gasteiger partial charge on any atom is -0.493 e. The van der Waals surface area contributed by atoms with Crippen LogP contribution in [0.2, 0.25) is 0 Å². The fourth-order valence-electron chi connectivity index (χ4n) is 2.86. The molecule has 9 heteroatoms. The molecule has 3 aromatic carbocycles. The Morgan fingerprint density at radius 2 is 1.48 bits per heavy atom. The van der Waals surface area contributed by atoms with Crippen LogP contribution in [0.25, 0.3) is 0 Å². The number of ether oxygens (including phenoxy) is 4. The first-order chi connectivity index (χ1) is 16.0. The van der Waals surface area contributed by atoms with Crippen molar-refractivity contribution >= 4 is 18.1 Å². The molecule has 0 atom stereocenters. The van der Waals surface area contributed by atoms with Gasteiger partial charge in [0.2, 0.25) is 5.75 Å². The second kappa shape index (κ2) is 10.8. The Kier molecular flexibility index (Phi) is 7.59. The number of carbonyl (C=O) groups is 2. The highest BCUT2D eigenvalue weighted by atomic mass is 19.1. The topological polar surface area (TPSA) is 95.5 Å². The lowest BCUT2D eigenvalue weighted by Crippen LogP contribution is -2.17. The number of hydrazone groups is 1. The van der Waals surface area contributed by atoms with E-state index in [1.807, 2.05) is 0 Å². The van der Waals surface area contributed by atoms with Crippen LogP contribution in [0, 0.1) is 5.82 Å². The highest BCUT2D eigenvalue weighted by molar-refractivity contribution is 5.96. The summed E-state index contributed by atoms with van der Waals surface area (Å²) < 4.78 is 34.3. The molecule has 170 valence electrons. The molecule has 0 fully saturated rings. The molecule has 0 aliphatic rings. The molecule has 0 bridgehead atoms. The second-order valence-electron chi connectivity index (χ2n) is 6.55. The average Bonchev–Trinajstić information content (AvgIpc) is 2.84. The minimum atomic E-state index is -0.662. The van der Waals surface area contributed by atoms with Crippen LogP contribution in [0.15, 0.2) is 65.8 Å². The summed E-state index contributed by atoms with van der Waals surface area (Å²) in [5, 5.41) is 3.89. The molecule has 0 aliphatic heterocycles. The maximum Gasteiger partial charge on any atom is 0.343 e. The Morgan fingerprint density at radius 3 is 2.09 bits per heavy atom. The van der Waals surface area contributed by atoms with E-state index < -0.39 is 17.7 Å².